The first-order valence-electron chi connectivity index (χ1n) is 6.49. The second kappa shape index (κ2) is 7.84. The predicted octanol–water partition coefficient (Wildman–Crippen LogP) is 0.899. The second-order valence-corrected chi connectivity index (χ2v) is 5.98. The summed E-state index contributed by atoms with van der Waals surface area (Å²) in [5.74, 6) is -0.0461. The number of sulfonamides is 1. The van der Waals surface area contributed by atoms with Crippen LogP contribution in [0, 0.1) is 0 Å². The Bertz CT molecular complexity index is 586. The molecule has 0 bridgehead atoms. The molecule has 1 aromatic rings. The van der Waals surface area contributed by atoms with Gasteiger partial charge in [0.1, 0.15) is 5.75 Å². The van der Waals surface area contributed by atoms with Gasteiger partial charge in [-0.3, -0.25) is 4.79 Å². The summed E-state index contributed by atoms with van der Waals surface area (Å²) in [5.41, 5.74) is 6.00. The van der Waals surface area contributed by atoms with Crippen LogP contribution in [-0.4, -0.2) is 34.6 Å². The molecule has 8 heteroatoms. The fourth-order valence-electron chi connectivity index (χ4n) is 1.61. The first-order chi connectivity index (χ1) is 9.90. The molecule has 7 nitrogen and oxygen atoms in total. The molecule has 0 heterocycles. The molecule has 0 saturated carbocycles. The smallest absolute Gasteiger partial charge is 0.305 e. The fraction of sp³-hybridized carbons (Fsp3) is 0.462. The number of methoxy groups -OCH3 is 1. The van der Waals surface area contributed by atoms with E-state index in [1.165, 1.54) is 25.3 Å². The SMILES string of the molecule is CCOC(=O)CCCNS(=O)(=O)c1ccc(N)c(OC)c1. The molecular formula is C13H20N2O5S. The Morgan fingerprint density at radius 1 is 1.38 bits per heavy atom. The molecule has 3 N–H and O–H groups in total. The van der Waals surface area contributed by atoms with Gasteiger partial charge in [0.15, 0.2) is 0 Å². The number of ether oxygens (including phenoxy) is 2. The number of hydrogen-bond donors (Lipinski definition) is 2. The number of hydrogen-bond acceptors (Lipinski definition) is 6. The van der Waals surface area contributed by atoms with E-state index in [0.29, 0.717) is 24.5 Å². The van der Waals surface area contributed by atoms with Crippen molar-refractivity contribution in [2.24, 2.45) is 0 Å². The van der Waals surface area contributed by atoms with Crippen LogP contribution in [-0.2, 0) is 19.6 Å². The van der Waals surface area contributed by atoms with Crippen LogP contribution < -0.4 is 15.2 Å². The van der Waals surface area contributed by atoms with Gasteiger partial charge in [-0.05, 0) is 25.5 Å². The summed E-state index contributed by atoms with van der Waals surface area (Å²) in [5, 5.41) is 0. The zero-order valence-electron chi connectivity index (χ0n) is 12.1. The zero-order chi connectivity index (χ0) is 15.9. The highest BCUT2D eigenvalue weighted by Gasteiger charge is 2.15. The van der Waals surface area contributed by atoms with E-state index in [4.69, 9.17) is 15.2 Å². The molecule has 0 aromatic heterocycles. The number of nitrogens with one attached hydrogen (secondary N) is 1. The number of benzene rings is 1. The standard InChI is InChI=1S/C13H20N2O5S/c1-3-20-13(16)5-4-8-15-21(17,18)10-6-7-11(14)12(9-10)19-2/h6-7,9,15H,3-5,8,14H2,1-2H3. The van der Waals surface area contributed by atoms with Gasteiger partial charge in [0.2, 0.25) is 10.0 Å². The van der Waals surface area contributed by atoms with E-state index in [2.05, 4.69) is 4.72 Å². The van der Waals surface area contributed by atoms with Gasteiger partial charge in [0.05, 0.1) is 24.3 Å². The lowest BCUT2D eigenvalue weighted by atomic mass is 10.3. The molecular weight excluding hydrogens is 296 g/mol. The number of esters is 1. The van der Waals surface area contributed by atoms with Gasteiger partial charge in [-0.2, -0.15) is 0 Å². The summed E-state index contributed by atoms with van der Waals surface area (Å²) >= 11 is 0. The molecule has 1 rings (SSSR count). The Hall–Kier alpha value is -1.80. The molecule has 0 aliphatic rings. The highest BCUT2D eigenvalue weighted by molar-refractivity contribution is 7.89. The molecule has 0 unspecified atom stereocenters. The van der Waals surface area contributed by atoms with Crippen LogP contribution in [0.5, 0.6) is 5.75 Å². The summed E-state index contributed by atoms with van der Waals surface area (Å²) in [6.45, 7) is 2.18. The third-order valence-electron chi connectivity index (χ3n) is 2.67. The maximum atomic E-state index is 12.1. The Morgan fingerprint density at radius 3 is 2.71 bits per heavy atom. The first-order valence-corrected chi connectivity index (χ1v) is 7.97. The Kier molecular flexibility index (Phi) is 6.44. The van der Waals surface area contributed by atoms with Crippen molar-refractivity contribution >= 4 is 21.7 Å². The van der Waals surface area contributed by atoms with Crippen LogP contribution in [0.1, 0.15) is 19.8 Å². The molecule has 0 amide bonds. The van der Waals surface area contributed by atoms with Crippen molar-refractivity contribution in [2.75, 3.05) is 26.0 Å². The number of anilines is 1. The predicted molar refractivity (Wildman–Crippen MR) is 78.5 cm³/mol. The van der Waals surface area contributed by atoms with E-state index in [9.17, 15) is 13.2 Å². The number of carbonyl (C=O) groups is 1. The second-order valence-electron chi connectivity index (χ2n) is 4.21. The van der Waals surface area contributed by atoms with Gasteiger partial charge in [-0.1, -0.05) is 0 Å². The third kappa shape index (κ3) is 5.24. The Morgan fingerprint density at radius 2 is 2.10 bits per heavy atom. The lowest BCUT2D eigenvalue weighted by Gasteiger charge is -2.09. The highest BCUT2D eigenvalue weighted by Crippen LogP contribution is 2.24. The monoisotopic (exact) mass is 316 g/mol. The molecule has 1 aromatic carbocycles. The van der Waals surface area contributed by atoms with Gasteiger partial charge in [0.25, 0.3) is 0 Å². The van der Waals surface area contributed by atoms with E-state index >= 15 is 0 Å². The molecule has 0 radical (unpaired) electrons. The topological polar surface area (TPSA) is 108 Å². The molecule has 0 atom stereocenters. The summed E-state index contributed by atoms with van der Waals surface area (Å²) < 4.78 is 36.3. The molecule has 21 heavy (non-hydrogen) atoms. The van der Waals surface area contributed by atoms with Crippen molar-refractivity contribution in [3.63, 3.8) is 0 Å². The van der Waals surface area contributed by atoms with Crippen molar-refractivity contribution in [2.45, 2.75) is 24.7 Å². The van der Waals surface area contributed by atoms with E-state index in [1.54, 1.807) is 6.92 Å². The van der Waals surface area contributed by atoms with E-state index in [0.717, 1.165) is 0 Å². The minimum Gasteiger partial charge on any atom is -0.495 e. The van der Waals surface area contributed by atoms with Gasteiger partial charge in [-0.15, -0.1) is 0 Å². The maximum absolute atomic E-state index is 12.1. The minimum atomic E-state index is -3.66. The van der Waals surface area contributed by atoms with E-state index in [-0.39, 0.29) is 23.8 Å². The molecule has 0 aliphatic heterocycles. The first kappa shape index (κ1) is 17.3. The van der Waals surface area contributed by atoms with Gasteiger partial charge in [-0.25, -0.2) is 13.1 Å². The third-order valence-corrected chi connectivity index (χ3v) is 4.13. The Labute approximate surface area is 124 Å². The lowest BCUT2D eigenvalue weighted by molar-refractivity contribution is -0.143. The highest BCUT2D eigenvalue weighted by atomic mass is 32.2. The number of nitrogens with two attached hydrogens (primary N) is 1. The average molecular weight is 316 g/mol. The van der Waals surface area contributed by atoms with Crippen LogP contribution in [0.3, 0.4) is 0 Å². The largest absolute Gasteiger partial charge is 0.495 e. The van der Waals surface area contributed by atoms with E-state index < -0.39 is 10.0 Å². The lowest BCUT2D eigenvalue weighted by Crippen LogP contribution is -2.25. The Balaban J connectivity index is 2.59. The van der Waals surface area contributed by atoms with Crippen LogP contribution in [0.2, 0.25) is 0 Å². The summed E-state index contributed by atoms with van der Waals surface area (Å²) in [6, 6.07) is 4.21. The van der Waals surface area contributed by atoms with Crippen molar-refractivity contribution in [1.82, 2.24) is 4.72 Å². The van der Waals surface area contributed by atoms with Crippen LogP contribution in [0.15, 0.2) is 23.1 Å². The van der Waals surface area contributed by atoms with Crippen molar-refractivity contribution < 1.29 is 22.7 Å². The van der Waals surface area contributed by atoms with Crippen molar-refractivity contribution in [1.29, 1.82) is 0 Å². The minimum absolute atomic E-state index is 0.0599. The maximum Gasteiger partial charge on any atom is 0.305 e. The average Bonchev–Trinajstić information content (AvgIpc) is 2.44. The van der Waals surface area contributed by atoms with Crippen molar-refractivity contribution in [3.8, 4) is 5.75 Å². The number of nitrogen functional groups attached to an aromatic ring is 1. The fourth-order valence-corrected chi connectivity index (χ4v) is 2.70. The molecule has 0 saturated heterocycles. The van der Waals surface area contributed by atoms with Crippen LogP contribution >= 0.6 is 0 Å². The van der Waals surface area contributed by atoms with Gasteiger partial charge in [0, 0.05) is 19.0 Å². The number of rotatable bonds is 8. The summed E-state index contributed by atoms with van der Waals surface area (Å²) in [4.78, 5) is 11.2. The molecule has 118 valence electrons. The summed E-state index contributed by atoms with van der Waals surface area (Å²) in [7, 11) is -2.25. The normalized spacial score (nSPS) is 11.1. The van der Waals surface area contributed by atoms with Gasteiger partial charge >= 0.3 is 5.97 Å². The zero-order valence-corrected chi connectivity index (χ0v) is 12.9. The van der Waals surface area contributed by atoms with Crippen LogP contribution in [0.4, 0.5) is 5.69 Å². The molecule has 0 aliphatic carbocycles. The number of carbonyl (C=O) groups excluding carboxylic acids is 1. The molecule has 0 spiro atoms. The summed E-state index contributed by atoms with van der Waals surface area (Å²) in [6.07, 6.45) is 0.533. The van der Waals surface area contributed by atoms with Gasteiger partial charge < -0.3 is 15.2 Å². The molecule has 0 fully saturated rings. The van der Waals surface area contributed by atoms with Crippen LogP contribution in [0.25, 0.3) is 0 Å². The van der Waals surface area contributed by atoms with E-state index in [1.807, 2.05) is 0 Å². The quantitative estimate of drug-likeness (QED) is 0.419. The van der Waals surface area contributed by atoms with Crippen molar-refractivity contribution in [3.05, 3.63) is 18.2 Å².